The SMILES string of the molecule is CC(O)(Cc1ccccc1Cl)CC1CCCCN1. The van der Waals surface area contributed by atoms with Crippen molar-refractivity contribution in [2.45, 2.75) is 50.7 Å². The third-order valence-corrected chi connectivity index (χ3v) is 4.00. The van der Waals surface area contributed by atoms with E-state index in [2.05, 4.69) is 5.32 Å². The zero-order valence-electron chi connectivity index (χ0n) is 11.0. The molecule has 0 bridgehead atoms. The predicted octanol–water partition coefficient (Wildman–Crippen LogP) is 3.17. The molecule has 3 heteroatoms. The fourth-order valence-electron chi connectivity index (χ4n) is 2.75. The average Bonchev–Trinajstić information content (AvgIpc) is 2.32. The zero-order valence-corrected chi connectivity index (χ0v) is 11.7. The van der Waals surface area contributed by atoms with Crippen molar-refractivity contribution in [2.24, 2.45) is 0 Å². The highest BCUT2D eigenvalue weighted by Crippen LogP contribution is 2.25. The maximum absolute atomic E-state index is 10.5. The molecule has 1 aliphatic rings. The minimum atomic E-state index is -0.694. The van der Waals surface area contributed by atoms with Crippen LogP contribution in [0.3, 0.4) is 0 Å². The summed E-state index contributed by atoms with van der Waals surface area (Å²) in [5.74, 6) is 0. The minimum absolute atomic E-state index is 0.441. The third-order valence-electron chi connectivity index (χ3n) is 3.63. The Morgan fingerprint density at radius 1 is 1.39 bits per heavy atom. The first-order valence-corrected chi connectivity index (χ1v) is 7.14. The quantitative estimate of drug-likeness (QED) is 0.878. The monoisotopic (exact) mass is 267 g/mol. The summed E-state index contributed by atoms with van der Waals surface area (Å²) in [5, 5.41) is 14.8. The van der Waals surface area contributed by atoms with Crippen LogP contribution in [0.5, 0.6) is 0 Å². The van der Waals surface area contributed by atoms with E-state index in [1.807, 2.05) is 31.2 Å². The van der Waals surface area contributed by atoms with Crippen molar-refractivity contribution >= 4 is 11.6 Å². The summed E-state index contributed by atoms with van der Waals surface area (Å²) in [4.78, 5) is 0. The van der Waals surface area contributed by atoms with E-state index in [4.69, 9.17) is 11.6 Å². The van der Waals surface area contributed by atoms with Crippen LogP contribution >= 0.6 is 11.6 Å². The van der Waals surface area contributed by atoms with Crippen molar-refractivity contribution in [2.75, 3.05) is 6.54 Å². The molecule has 2 unspecified atom stereocenters. The molecule has 0 aromatic heterocycles. The number of rotatable bonds is 4. The summed E-state index contributed by atoms with van der Waals surface area (Å²) in [7, 11) is 0. The van der Waals surface area contributed by atoms with E-state index >= 15 is 0 Å². The van der Waals surface area contributed by atoms with Crippen LogP contribution in [0.15, 0.2) is 24.3 Å². The first-order valence-electron chi connectivity index (χ1n) is 6.76. The van der Waals surface area contributed by atoms with Crippen LogP contribution < -0.4 is 5.32 Å². The van der Waals surface area contributed by atoms with Crippen molar-refractivity contribution in [1.82, 2.24) is 5.32 Å². The number of piperidine rings is 1. The highest BCUT2D eigenvalue weighted by molar-refractivity contribution is 6.31. The van der Waals surface area contributed by atoms with Gasteiger partial charge in [0.1, 0.15) is 0 Å². The fraction of sp³-hybridized carbons (Fsp3) is 0.600. The number of nitrogens with one attached hydrogen (secondary N) is 1. The highest BCUT2D eigenvalue weighted by Gasteiger charge is 2.27. The van der Waals surface area contributed by atoms with Gasteiger partial charge in [-0.2, -0.15) is 0 Å². The molecule has 2 atom stereocenters. The highest BCUT2D eigenvalue weighted by atomic mass is 35.5. The van der Waals surface area contributed by atoms with Crippen LogP contribution in [0.25, 0.3) is 0 Å². The van der Waals surface area contributed by atoms with Gasteiger partial charge in [-0.15, -0.1) is 0 Å². The average molecular weight is 268 g/mol. The number of hydrogen-bond acceptors (Lipinski definition) is 2. The number of halogens is 1. The van der Waals surface area contributed by atoms with Crippen LogP contribution in [0.1, 0.15) is 38.2 Å². The molecule has 1 fully saturated rings. The van der Waals surface area contributed by atoms with Gasteiger partial charge in [0.25, 0.3) is 0 Å². The lowest BCUT2D eigenvalue weighted by molar-refractivity contribution is 0.0371. The standard InChI is InChI=1S/C15H22ClNO/c1-15(18,11-13-7-4-5-9-17-13)10-12-6-2-3-8-14(12)16/h2-3,6,8,13,17-18H,4-5,7,9-11H2,1H3. The molecule has 0 saturated carbocycles. The van der Waals surface area contributed by atoms with Gasteiger partial charge in [-0.05, 0) is 44.4 Å². The first-order chi connectivity index (χ1) is 8.57. The summed E-state index contributed by atoms with van der Waals surface area (Å²) in [6, 6.07) is 8.20. The largest absolute Gasteiger partial charge is 0.390 e. The lowest BCUT2D eigenvalue weighted by Crippen LogP contribution is -2.41. The number of benzene rings is 1. The summed E-state index contributed by atoms with van der Waals surface area (Å²) >= 11 is 6.15. The Labute approximate surface area is 114 Å². The summed E-state index contributed by atoms with van der Waals surface area (Å²) < 4.78 is 0. The normalized spacial score (nSPS) is 23.6. The van der Waals surface area contributed by atoms with Crippen LogP contribution in [-0.4, -0.2) is 23.3 Å². The van der Waals surface area contributed by atoms with E-state index in [0.29, 0.717) is 12.5 Å². The molecule has 1 saturated heterocycles. The van der Waals surface area contributed by atoms with E-state index < -0.39 is 5.60 Å². The molecule has 18 heavy (non-hydrogen) atoms. The topological polar surface area (TPSA) is 32.3 Å². The maximum Gasteiger partial charge on any atom is 0.0675 e. The molecular weight excluding hydrogens is 246 g/mol. The Hall–Kier alpha value is -0.570. The lowest BCUT2D eigenvalue weighted by atomic mass is 9.87. The van der Waals surface area contributed by atoms with Crippen LogP contribution in [0.4, 0.5) is 0 Å². The van der Waals surface area contributed by atoms with Crippen LogP contribution in [0.2, 0.25) is 5.02 Å². The maximum atomic E-state index is 10.5. The number of aliphatic hydroxyl groups is 1. The Balaban J connectivity index is 1.96. The second-order valence-electron chi connectivity index (χ2n) is 5.62. The van der Waals surface area contributed by atoms with Crippen LogP contribution in [-0.2, 0) is 6.42 Å². The Bertz CT molecular complexity index is 386. The molecule has 1 heterocycles. The van der Waals surface area contributed by atoms with Gasteiger partial charge in [0.2, 0.25) is 0 Å². The lowest BCUT2D eigenvalue weighted by Gasteiger charge is -2.31. The van der Waals surface area contributed by atoms with Crippen molar-refractivity contribution in [1.29, 1.82) is 0 Å². The molecule has 0 spiro atoms. The summed E-state index contributed by atoms with van der Waals surface area (Å²) in [5.41, 5.74) is 0.333. The second kappa shape index (κ2) is 6.05. The molecule has 2 nitrogen and oxygen atoms in total. The smallest absolute Gasteiger partial charge is 0.0675 e. The molecule has 1 aromatic carbocycles. The van der Waals surface area contributed by atoms with Crippen molar-refractivity contribution < 1.29 is 5.11 Å². The molecule has 2 N–H and O–H groups in total. The van der Waals surface area contributed by atoms with E-state index in [1.54, 1.807) is 0 Å². The Morgan fingerprint density at radius 3 is 2.83 bits per heavy atom. The molecule has 0 amide bonds. The minimum Gasteiger partial charge on any atom is -0.390 e. The van der Waals surface area contributed by atoms with Gasteiger partial charge >= 0.3 is 0 Å². The molecule has 1 aliphatic heterocycles. The summed E-state index contributed by atoms with van der Waals surface area (Å²) in [6.07, 6.45) is 5.09. The van der Waals surface area contributed by atoms with Gasteiger partial charge in [0.05, 0.1) is 5.60 Å². The molecule has 100 valence electrons. The van der Waals surface area contributed by atoms with E-state index in [9.17, 15) is 5.11 Å². The fourth-order valence-corrected chi connectivity index (χ4v) is 2.96. The van der Waals surface area contributed by atoms with Gasteiger partial charge < -0.3 is 10.4 Å². The van der Waals surface area contributed by atoms with Crippen LogP contribution in [0, 0.1) is 0 Å². The molecule has 0 radical (unpaired) electrons. The Morgan fingerprint density at radius 2 is 2.17 bits per heavy atom. The van der Waals surface area contributed by atoms with Crippen molar-refractivity contribution in [3.05, 3.63) is 34.9 Å². The second-order valence-corrected chi connectivity index (χ2v) is 6.02. The van der Waals surface area contributed by atoms with E-state index in [-0.39, 0.29) is 0 Å². The van der Waals surface area contributed by atoms with Crippen molar-refractivity contribution in [3.63, 3.8) is 0 Å². The van der Waals surface area contributed by atoms with Gasteiger partial charge in [-0.1, -0.05) is 36.2 Å². The predicted molar refractivity (Wildman–Crippen MR) is 76.0 cm³/mol. The molecule has 2 rings (SSSR count). The molecule has 0 aliphatic carbocycles. The first kappa shape index (κ1) is 13.9. The zero-order chi connectivity index (χ0) is 13.0. The Kier molecular flexibility index (Phi) is 4.66. The van der Waals surface area contributed by atoms with Gasteiger partial charge in [-0.25, -0.2) is 0 Å². The van der Waals surface area contributed by atoms with E-state index in [1.165, 1.54) is 19.3 Å². The van der Waals surface area contributed by atoms with Gasteiger partial charge in [0.15, 0.2) is 0 Å². The summed E-state index contributed by atoms with van der Waals surface area (Å²) in [6.45, 7) is 2.99. The van der Waals surface area contributed by atoms with Gasteiger partial charge in [-0.3, -0.25) is 0 Å². The van der Waals surface area contributed by atoms with Gasteiger partial charge in [0, 0.05) is 17.5 Å². The third kappa shape index (κ3) is 3.98. The number of hydrogen-bond donors (Lipinski definition) is 2. The van der Waals surface area contributed by atoms with E-state index in [0.717, 1.165) is 23.6 Å². The molecular formula is C15H22ClNO. The van der Waals surface area contributed by atoms with Crippen molar-refractivity contribution in [3.8, 4) is 0 Å². The molecule has 1 aromatic rings.